The highest BCUT2D eigenvalue weighted by atomic mass is 16.7. The van der Waals surface area contributed by atoms with E-state index in [9.17, 15) is 14.7 Å². The predicted octanol–water partition coefficient (Wildman–Crippen LogP) is 1.40. The molecule has 2 unspecified atom stereocenters. The number of hydrogen-bond acceptors (Lipinski definition) is 7. The summed E-state index contributed by atoms with van der Waals surface area (Å²) in [6.45, 7) is 0.500. The number of aliphatic hydroxyl groups is 1. The zero-order valence-corrected chi connectivity index (χ0v) is 17.3. The molecule has 0 aromatic heterocycles. The van der Waals surface area contributed by atoms with E-state index in [2.05, 4.69) is 0 Å². The van der Waals surface area contributed by atoms with Gasteiger partial charge < -0.3 is 29.7 Å². The Labute approximate surface area is 171 Å². The summed E-state index contributed by atoms with van der Waals surface area (Å²) < 4.78 is 16.6. The quantitative estimate of drug-likeness (QED) is 0.731. The van der Waals surface area contributed by atoms with E-state index in [0.29, 0.717) is 31.6 Å². The first kappa shape index (κ1) is 23.1. The van der Waals surface area contributed by atoms with Crippen LogP contribution in [0.15, 0.2) is 24.3 Å². The van der Waals surface area contributed by atoms with Crippen LogP contribution in [0.25, 0.3) is 0 Å². The van der Waals surface area contributed by atoms with Gasteiger partial charge in [0.15, 0.2) is 0 Å². The smallest absolute Gasteiger partial charge is 0.309 e. The number of benzene rings is 1. The number of hydrogen-bond donors (Lipinski definition) is 1. The van der Waals surface area contributed by atoms with E-state index in [1.165, 1.54) is 0 Å². The molecular weight excluding hydrogens is 378 g/mol. The van der Waals surface area contributed by atoms with Crippen molar-refractivity contribution in [1.82, 2.24) is 4.90 Å². The molecule has 3 N–H and O–H groups in total. The molecule has 1 heterocycles. The fraction of sp³-hybridized carbons (Fsp3) is 0.619. The summed E-state index contributed by atoms with van der Waals surface area (Å²) in [5, 5.41) is 12.0. The number of methoxy groups -OCH3 is 1. The Kier molecular flexibility index (Phi) is 7.26. The fourth-order valence-electron chi connectivity index (χ4n) is 4.31. The second-order valence-electron chi connectivity index (χ2n) is 7.92. The Morgan fingerprint density at radius 1 is 1.07 bits per heavy atom. The number of rotatable bonds is 5. The van der Waals surface area contributed by atoms with E-state index < -0.39 is 29.2 Å². The van der Waals surface area contributed by atoms with Gasteiger partial charge in [0.25, 0.3) is 5.79 Å². The summed E-state index contributed by atoms with van der Waals surface area (Å²) in [6.07, 6.45) is 2.07. The summed E-state index contributed by atoms with van der Waals surface area (Å²) >= 11 is 0. The summed E-state index contributed by atoms with van der Waals surface area (Å²) in [6, 6.07) is 7.46. The maximum absolute atomic E-state index is 12.3. The lowest BCUT2D eigenvalue weighted by molar-refractivity contribution is -0.310. The second kappa shape index (κ2) is 9.11. The van der Waals surface area contributed by atoms with Crippen LogP contribution >= 0.6 is 0 Å². The average molecular weight is 409 g/mol. The van der Waals surface area contributed by atoms with Crippen LogP contribution in [-0.4, -0.2) is 66.6 Å². The molecule has 0 radical (unpaired) electrons. The molecule has 3 rings (SSSR count). The van der Waals surface area contributed by atoms with Crippen LogP contribution in [0.3, 0.4) is 0 Å². The van der Waals surface area contributed by atoms with Crippen molar-refractivity contribution in [1.29, 1.82) is 0 Å². The zero-order valence-electron chi connectivity index (χ0n) is 17.3. The van der Waals surface area contributed by atoms with Crippen LogP contribution in [-0.2, 0) is 19.1 Å². The molecule has 1 aliphatic carbocycles. The predicted molar refractivity (Wildman–Crippen MR) is 105 cm³/mol. The van der Waals surface area contributed by atoms with Crippen molar-refractivity contribution in [3.63, 3.8) is 0 Å². The Morgan fingerprint density at radius 3 is 2.14 bits per heavy atom. The lowest BCUT2D eigenvalue weighted by Crippen LogP contribution is -2.64. The van der Waals surface area contributed by atoms with Gasteiger partial charge in [0, 0.05) is 18.9 Å². The molecule has 1 aromatic carbocycles. The largest absolute Gasteiger partial charge is 0.497 e. The van der Waals surface area contributed by atoms with Crippen LogP contribution in [0.2, 0.25) is 0 Å². The molecule has 1 aromatic rings. The van der Waals surface area contributed by atoms with E-state index in [-0.39, 0.29) is 18.3 Å². The third-order valence-corrected chi connectivity index (χ3v) is 5.71. The molecule has 2 aliphatic rings. The van der Waals surface area contributed by atoms with Crippen molar-refractivity contribution in [3.8, 4) is 5.75 Å². The van der Waals surface area contributed by atoms with Gasteiger partial charge in [-0.2, -0.15) is 0 Å². The van der Waals surface area contributed by atoms with E-state index in [0.717, 1.165) is 12.0 Å². The van der Waals surface area contributed by atoms with Crippen molar-refractivity contribution < 1.29 is 34.4 Å². The number of esters is 2. The minimum absolute atomic E-state index is 0. The topological polar surface area (TPSA) is 117 Å². The maximum atomic E-state index is 12.3. The molecule has 1 saturated carbocycles. The second-order valence-corrected chi connectivity index (χ2v) is 7.92. The van der Waals surface area contributed by atoms with Gasteiger partial charge in [0.1, 0.15) is 11.4 Å². The first-order valence-electron chi connectivity index (χ1n) is 9.74. The van der Waals surface area contributed by atoms with Gasteiger partial charge in [-0.15, -0.1) is 0 Å². The highest BCUT2D eigenvalue weighted by Gasteiger charge is 2.62. The van der Waals surface area contributed by atoms with Crippen LogP contribution in [0, 0.1) is 0 Å². The fourth-order valence-corrected chi connectivity index (χ4v) is 4.31. The van der Waals surface area contributed by atoms with Crippen molar-refractivity contribution in [2.75, 3.05) is 27.7 Å². The summed E-state index contributed by atoms with van der Waals surface area (Å²) in [4.78, 5) is 26.5. The first-order chi connectivity index (χ1) is 13.3. The minimum Gasteiger partial charge on any atom is -0.497 e. The lowest BCUT2D eigenvalue weighted by Gasteiger charge is -2.51. The molecule has 1 aliphatic heterocycles. The normalized spacial score (nSPS) is 24.9. The Bertz CT molecular complexity index is 700. The Hall–Kier alpha value is -2.16. The van der Waals surface area contributed by atoms with Crippen molar-refractivity contribution in [2.24, 2.45) is 0 Å². The van der Waals surface area contributed by atoms with Gasteiger partial charge in [-0.3, -0.25) is 9.59 Å². The van der Waals surface area contributed by atoms with Gasteiger partial charge in [0.2, 0.25) is 0 Å². The molecule has 0 amide bonds. The number of likely N-dealkylation sites (N-methyl/N-ethyl adjacent to an activating group) is 1. The highest BCUT2D eigenvalue weighted by Crippen LogP contribution is 2.50. The average Bonchev–Trinajstić information content (AvgIpc) is 2.81. The summed E-state index contributed by atoms with van der Waals surface area (Å²) in [5.74, 6) is -2.39. The molecule has 0 bridgehead atoms. The minimum atomic E-state index is -1.66. The number of carbonyl (C=O) groups is 2. The molecule has 29 heavy (non-hydrogen) atoms. The molecule has 1 saturated heterocycles. The van der Waals surface area contributed by atoms with Gasteiger partial charge in [-0.25, -0.2) is 0 Å². The van der Waals surface area contributed by atoms with Gasteiger partial charge in [-0.05, 0) is 51.1 Å². The number of carbonyl (C=O) groups excluding carboxylic acids is 2. The Morgan fingerprint density at radius 2 is 1.62 bits per heavy atom. The van der Waals surface area contributed by atoms with E-state index >= 15 is 0 Å². The Balaban J connectivity index is 0.00000300. The third-order valence-electron chi connectivity index (χ3n) is 5.71. The first-order valence-corrected chi connectivity index (χ1v) is 9.74. The standard InChI is InChI=1S/C21H29NO6.H2O/c1-22(2)14-17(15-6-8-16(26-3)9-7-15)20(25)12-4-5-13-21(20)27-18(23)10-11-19(24)28-21;/h6-9,17,25H,4-5,10-14H2,1-3H3;1H2. The van der Waals surface area contributed by atoms with Crippen molar-refractivity contribution in [3.05, 3.63) is 29.8 Å². The molecule has 2 fully saturated rings. The van der Waals surface area contributed by atoms with E-state index in [1.807, 2.05) is 43.3 Å². The van der Waals surface area contributed by atoms with Gasteiger partial charge in [0.05, 0.1) is 20.0 Å². The molecule has 1 spiro atoms. The van der Waals surface area contributed by atoms with E-state index in [1.54, 1.807) is 7.11 Å². The van der Waals surface area contributed by atoms with Crippen LogP contribution in [0.5, 0.6) is 5.75 Å². The van der Waals surface area contributed by atoms with Crippen molar-refractivity contribution in [2.45, 2.75) is 55.8 Å². The maximum Gasteiger partial charge on any atom is 0.309 e. The van der Waals surface area contributed by atoms with Gasteiger partial charge >= 0.3 is 11.9 Å². The highest BCUT2D eigenvalue weighted by molar-refractivity contribution is 5.80. The van der Waals surface area contributed by atoms with Crippen LogP contribution in [0.4, 0.5) is 0 Å². The van der Waals surface area contributed by atoms with Crippen LogP contribution < -0.4 is 4.74 Å². The summed E-state index contributed by atoms with van der Waals surface area (Å²) in [7, 11) is 5.43. The zero-order chi connectivity index (χ0) is 20.4. The lowest BCUT2D eigenvalue weighted by atomic mass is 9.68. The SMILES string of the molecule is COc1ccc(C(CN(C)C)C2(O)CCCCC23OC(=O)CCC(=O)O3)cc1.O. The molecule has 162 valence electrons. The van der Waals surface area contributed by atoms with E-state index in [4.69, 9.17) is 14.2 Å². The van der Waals surface area contributed by atoms with Crippen LogP contribution in [0.1, 0.15) is 50.0 Å². The number of nitrogens with zero attached hydrogens (tertiary/aromatic N) is 1. The molecule has 8 nitrogen and oxygen atoms in total. The molecule has 2 atom stereocenters. The number of ether oxygens (including phenoxy) is 3. The van der Waals surface area contributed by atoms with Gasteiger partial charge in [-0.1, -0.05) is 12.1 Å². The van der Waals surface area contributed by atoms with Crippen molar-refractivity contribution >= 4 is 11.9 Å². The third kappa shape index (κ3) is 4.55. The molecular formula is C21H31NO7. The molecule has 8 heteroatoms. The monoisotopic (exact) mass is 409 g/mol. The summed E-state index contributed by atoms with van der Waals surface area (Å²) in [5.41, 5.74) is -0.658.